The lowest BCUT2D eigenvalue weighted by atomic mass is 9.85. The lowest BCUT2D eigenvalue weighted by Crippen LogP contribution is -2.38. The zero-order valence-corrected chi connectivity index (χ0v) is 12.9. The molecule has 1 aliphatic carbocycles. The molecule has 3 heteroatoms. The molecule has 22 heavy (non-hydrogen) atoms. The first kappa shape index (κ1) is 15.0. The van der Waals surface area contributed by atoms with Crippen LogP contribution in [0.5, 0.6) is 0 Å². The van der Waals surface area contributed by atoms with Crippen LogP contribution >= 0.6 is 0 Å². The van der Waals surface area contributed by atoms with Gasteiger partial charge < -0.3 is 11.1 Å². The Labute approximate surface area is 131 Å². The fourth-order valence-electron chi connectivity index (χ4n) is 3.33. The Hall–Kier alpha value is -1.87. The van der Waals surface area contributed by atoms with Crippen LogP contribution in [-0.2, 0) is 11.2 Å². The third kappa shape index (κ3) is 3.66. The Bertz CT molecular complexity index is 653. The molecule has 2 unspecified atom stereocenters. The van der Waals surface area contributed by atoms with Crippen LogP contribution in [0.15, 0.2) is 42.5 Å². The van der Waals surface area contributed by atoms with Gasteiger partial charge in [-0.05, 0) is 42.0 Å². The molecule has 0 aliphatic heterocycles. The predicted molar refractivity (Wildman–Crippen MR) is 90.6 cm³/mol. The van der Waals surface area contributed by atoms with Gasteiger partial charge in [-0.15, -0.1) is 0 Å². The zero-order valence-electron chi connectivity index (χ0n) is 12.9. The third-order valence-corrected chi connectivity index (χ3v) is 4.61. The molecule has 2 aromatic rings. The van der Waals surface area contributed by atoms with Crippen LogP contribution in [0.25, 0.3) is 10.8 Å². The first-order valence-electron chi connectivity index (χ1n) is 8.23. The Morgan fingerprint density at radius 3 is 2.77 bits per heavy atom. The smallest absolute Gasteiger partial charge is 0.223 e. The SMILES string of the molecule is NC1CCCC(C(=O)NCCc2ccc3ccccc3c2)C1. The molecule has 0 aromatic heterocycles. The summed E-state index contributed by atoms with van der Waals surface area (Å²) in [5.74, 6) is 0.288. The number of benzene rings is 2. The minimum absolute atomic E-state index is 0.111. The van der Waals surface area contributed by atoms with Crippen LogP contribution in [0.3, 0.4) is 0 Å². The normalized spacial score (nSPS) is 21.7. The van der Waals surface area contributed by atoms with Gasteiger partial charge in [-0.25, -0.2) is 0 Å². The van der Waals surface area contributed by atoms with Crippen molar-refractivity contribution in [3.63, 3.8) is 0 Å². The molecule has 1 fully saturated rings. The number of amides is 1. The second kappa shape index (κ2) is 6.93. The van der Waals surface area contributed by atoms with E-state index in [0.717, 1.165) is 32.1 Å². The number of fused-ring (bicyclic) bond motifs is 1. The second-order valence-electron chi connectivity index (χ2n) is 6.35. The highest BCUT2D eigenvalue weighted by Gasteiger charge is 2.24. The van der Waals surface area contributed by atoms with Gasteiger partial charge in [-0.3, -0.25) is 4.79 Å². The lowest BCUT2D eigenvalue weighted by Gasteiger charge is -2.25. The van der Waals surface area contributed by atoms with Crippen LogP contribution in [0.4, 0.5) is 0 Å². The van der Waals surface area contributed by atoms with E-state index in [-0.39, 0.29) is 17.9 Å². The van der Waals surface area contributed by atoms with Crippen molar-refractivity contribution in [2.45, 2.75) is 38.1 Å². The van der Waals surface area contributed by atoms with Crippen molar-refractivity contribution in [3.8, 4) is 0 Å². The topological polar surface area (TPSA) is 55.1 Å². The minimum atomic E-state index is 0.111. The van der Waals surface area contributed by atoms with Gasteiger partial charge >= 0.3 is 0 Å². The average Bonchev–Trinajstić information content (AvgIpc) is 2.54. The second-order valence-corrected chi connectivity index (χ2v) is 6.35. The van der Waals surface area contributed by atoms with Crippen molar-refractivity contribution in [2.75, 3.05) is 6.54 Å². The molecule has 3 rings (SSSR count). The maximum atomic E-state index is 12.2. The first-order valence-corrected chi connectivity index (χ1v) is 8.23. The van der Waals surface area contributed by atoms with E-state index in [0.29, 0.717) is 6.54 Å². The van der Waals surface area contributed by atoms with Gasteiger partial charge in [0.15, 0.2) is 0 Å². The van der Waals surface area contributed by atoms with Crippen LogP contribution in [0.1, 0.15) is 31.2 Å². The molecule has 116 valence electrons. The maximum absolute atomic E-state index is 12.2. The van der Waals surface area contributed by atoms with Crippen molar-refractivity contribution in [1.82, 2.24) is 5.32 Å². The molecular formula is C19H24N2O. The summed E-state index contributed by atoms with van der Waals surface area (Å²) in [6.45, 7) is 0.697. The molecule has 3 N–H and O–H groups in total. The van der Waals surface area contributed by atoms with Crippen LogP contribution in [0, 0.1) is 5.92 Å². The first-order chi connectivity index (χ1) is 10.7. The van der Waals surface area contributed by atoms with E-state index in [1.807, 2.05) is 0 Å². The van der Waals surface area contributed by atoms with E-state index in [1.54, 1.807) is 0 Å². The highest BCUT2D eigenvalue weighted by atomic mass is 16.1. The molecule has 0 bridgehead atoms. The summed E-state index contributed by atoms with van der Waals surface area (Å²) in [7, 11) is 0. The molecule has 1 aliphatic rings. The van der Waals surface area contributed by atoms with E-state index in [9.17, 15) is 4.79 Å². The number of hydrogen-bond donors (Lipinski definition) is 2. The average molecular weight is 296 g/mol. The van der Waals surface area contributed by atoms with E-state index < -0.39 is 0 Å². The van der Waals surface area contributed by atoms with Gasteiger partial charge in [0.2, 0.25) is 5.91 Å². The standard InChI is InChI=1S/C19H24N2O/c20-18-7-3-6-17(13-18)19(22)21-11-10-14-8-9-15-4-1-2-5-16(15)12-14/h1-2,4-5,8-9,12,17-18H,3,6-7,10-11,13,20H2,(H,21,22). The van der Waals surface area contributed by atoms with Crippen molar-refractivity contribution in [3.05, 3.63) is 48.0 Å². The van der Waals surface area contributed by atoms with E-state index in [1.165, 1.54) is 16.3 Å². The molecule has 1 amide bonds. The zero-order chi connectivity index (χ0) is 15.4. The molecule has 0 heterocycles. The fourth-order valence-corrected chi connectivity index (χ4v) is 3.33. The van der Waals surface area contributed by atoms with Crippen LogP contribution < -0.4 is 11.1 Å². The molecular weight excluding hydrogens is 272 g/mol. The largest absolute Gasteiger partial charge is 0.356 e. The van der Waals surface area contributed by atoms with Gasteiger partial charge in [-0.2, -0.15) is 0 Å². The van der Waals surface area contributed by atoms with Gasteiger partial charge in [0.05, 0.1) is 0 Å². The van der Waals surface area contributed by atoms with E-state index >= 15 is 0 Å². The minimum Gasteiger partial charge on any atom is -0.356 e. The molecule has 3 nitrogen and oxygen atoms in total. The maximum Gasteiger partial charge on any atom is 0.223 e. The van der Waals surface area contributed by atoms with Gasteiger partial charge in [-0.1, -0.05) is 48.9 Å². The highest BCUT2D eigenvalue weighted by molar-refractivity contribution is 5.83. The van der Waals surface area contributed by atoms with Gasteiger partial charge in [0.1, 0.15) is 0 Å². The lowest BCUT2D eigenvalue weighted by molar-refractivity contribution is -0.126. The highest BCUT2D eigenvalue weighted by Crippen LogP contribution is 2.23. The third-order valence-electron chi connectivity index (χ3n) is 4.61. The molecule has 0 saturated heterocycles. The summed E-state index contributed by atoms with van der Waals surface area (Å²) in [4.78, 5) is 12.2. The van der Waals surface area contributed by atoms with Crippen molar-refractivity contribution in [1.29, 1.82) is 0 Å². The summed E-state index contributed by atoms with van der Waals surface area (Å²) < 4.78 is 0. The van der Waals surface area contributed by atoms with E-state index in [4.69, 9.17) is 5.73 Å². The molecule has 1 saturated carbocycles. The number of hydrogen-bond acceptors (Lipinski definition) is 2. The fraction of sp³-hybridized carbons (Fsp3) is 0.421. The molecule has 0 radical (unpaired) electrons. The van der Waals surface area contributed by atoms with Gasteiger partial charge in [0, 0.05) is 18.5 Å². The van der Waals surface area contributed by atoms with Crippen LogP contribution in [-0.4, -0.2) is 18.5 Å². The quantitative estimate of drug-likeness (QED) is 0.911. The molecule has 2 aromatic carbocycles. The number of rotatable bonds is 4. The Kier molecular flexibility index (Phi) is 4.74. The number of carbonyl (C=O) groups is 1. The van der Waals surface area contributed by atoms with Crippen molar-refractivity contribution in [2.24, 2.45) is 11.7 Å². The summed E-state index contributed by atoms with van der Waals surface area (Å²) in [6.07, 6.45) is 4.82. The summed E-state index contributed by atoms with van der Waals surface area (Å²) >= 11 is 0. The summed E-state index contributed by atoms with van der Waals surface area (Å²) in [5, 5.41) is 5.59. The summed E-state index contributed by atoms with van der Waals surface area (Å²) in [5.41, 5.74) is 7.22. The number of nitrogens with two attached hydrogens (primary N) is 1. The molecule has 2 atom stereocenters. The predicted octanol–water partition coefficient (Wildman–Crippen LogP) is 3.02. The van der Waals surface area contributed by atoms with Crippen molar-refractivity contribution >= 4 is 16.7 Å². The number of nitrogens with one attached hydrogen (secondary N) is 1. The Morgan fingerprint density at radius 2 is 1.95 bits per heavy atom. The Morgan fingerprint density at radius 1 is 1.14 bits per heavy atom. The summed E-state index contributed by atoms with van der Waals surface area (Å²) in [6, 6.07) is 15.0. The van der Waals surface area contributed by atoms with Crippen molar-refractivity contribution < 1.29 is 4.79 Å². The monoisotopic (exact) mass is 296 g/mol. The van der Waals surface area contributed by atoms with E-state index in [2.05, 4.69) is 47.8 Å². The molecule has 0 spiro atoms. The Balaban J connectivity index is 1.52. The van der Waals surface area contributed by atoms with Crippen LogP contribution in [0.2, 0.25) is 0 Å². The number of carbonyl (C=O) groups excluding carboxylic acids is 1. The van der Waals surface area contributed by atoms with Gasteiger partial charge in [0.25, 0.3) is 0 Å².